The molecule has 37 heavy (non-hydrogen) atoms. The van der Waals surface area contributed by atoms with Crippen LogP contribution in [0.5, 0.6) is 5.88 Å². The largest absolute Gasteiger partial charge is 0.472 e. The van der Waals surface area contributed by atoms with Gasteiger partial charge in [-0.05, 0) is 46.9 Å². The third-order valence-corrected chi connectivity index (χ3v) is 7.78. The predicted octanol–water partition coefficient (Wildman–Crippen LogP) is 5.14. The molecule has 0 unspecified atom stereocenters. The lowest BCUT2D eigenvalue weighted by Crippen LogP contribution is -2.36. The van der Waals surface area contributed by atoms with Crippen molar-refractivity contribution in [3.63, 3.8) is 0 Å². The number of methoxy groups -OCH3 is 1. The molecular formula is C26H21IN4O5S. The molecule has 4 aromatic rings. The Bertz CT molecular complexity index is 1440. The van der Waals surface area contributed by atoms with E-state index in [9.17, 15) is 10.1 Å². The summed E-state index contributed by atoms with van der Waals surface area (Å²) >= 11 is 3.47. The van der Waals surface area contributed by atoms with Crippen LogP contribution in [-0.4, -0.2) is 49.5 Å². The maximum Gasteiger partial charge on any atom is 0.348 e. The van der Waals surface area contributed by atoms with E-state index >= 15 is 0 Å². The summed E-state index contributed by atoms with van der Waals surface area (Å²) in [7, 11) is 1.34. The molecule has 3 aromatic heterocycles. The van der Waals surface area contributed by atoms with E-state index in [2.05, 4.69) is 38.7 Å². The smallest absolute Gasteiger partial charge is 0.348 e. The second kappa shape index (κ2) is 11.3. The standard InChI is InChI=1S/C26H21IN4O5S/c1-33-26(32)24-17(12-23(27)37-24)15-35-25-20(14-28)19(21-6-9-36-30-21)13-22(29-25)16-2-4-18(5-3-16)31-7-10-34-11-8-31/h2-6,9,12-13H,7-8,10-11,15H2,1H3. The minimum Gasteiger partial charge on any atom is -0.472 e. The van der Waals surface area contributed by atoms with Crippen molar-refractivity contribution in [2.75, 3.05) is 38.3 Å². The minimum absolute atomic E-state index is 0.0449. The van der Waals surface area contributed by atoms with Crippen LogP contribution >= 0.6 is 33.9 Å². The highest BCUT2D eigenvalue weighted by Gasteiger charge is 2.21. The number of morpholine rings is 1. The van der Waals surface area contributed by atoms with Gasteiger partial charge in [-0.15, -0.1) is 11.3 Å². The van der Waals surface area contributed by atoms with Crippen LogP contribution < -0.4 is 9.64 Å². The summed E-state index contributed by atoms with van der Waals surface area (Å²) < 4.78 is 22.4. The van der Waals surface area contributed by atoms with E-state index in [-0.39, 0.29) is 18.1 Å². The minimum atomic E-state index is -0.433. The van der Waals surface area contributed by atoms with Crippen molar-refractivity contribution in [1.82, 2.24) is 10.1 Å². The first-order chi connectivity index (χ1) is 18.1. The van der Waals surface area contributed by atoms with Crippen LogP contribution in [-0.2, 0) is 16.1 Å². The second-order valence-electron chi connectivity index (χ2n) is 8.06. The average molecular weight is 628 g/mol. The number of esters is 1. The third kappa shape index (κ3) is 5.46. The summed E-state index contributed by atoms with van der Waals surface area (Å²) in [6, 6.07) is 15.6. The SMILES string of the molecule is COC(=O)c1sc(I)cc1COc1nc(-c2ccc(N3CCOCC3)cc2)cc(-c2ccon2)c1C#N. The van der Waals surface area contributed by atoms with E-state index in [0.29, 0.717) is 40.6 Å². The van der Waals surface area contributed by atoms with Crippen LogP contribution in [0.3, 0.4) is 0 Å². The Balaban J connectivity index is 1.51. The monoisotopic (exact) mass is 628 g/mol. The van der Waals surface area contributed by atoms with Gasteiger partial charge in [-0.1, -0.05) is 17.3 Å². The van der Waals surface area contributed by atoms with Gasteiger partial charge in [-0.25, -0.2) is 9.78 Å². The number of aromatic nitrogens is 2. The first-order valence-electron chi connectivity index (χ1n) is 11.4. The number of halogens is 1. The van der Waals surface area contributed by atoms with Crippen LogP contribution in [0.15, 0.2) is 53.3 Å². The molecule has 0 amide bonds. The number of nitrogens with zero attached hydrogens (tertiary/aromatic N) is 4. The molecular weight excluding hydrogens is 607 g/mol. The highest BCUT2D eigenvalue weighted by Crippen LogP contribution is 2.34. The molecule has 0 atom stereocenters. The Labute approximate surface area is 230 Å². The van der Waals surface area contributed by atoms with Gasteiger partial charge in [-0.3, -0.25) is 0 Å². The molecule has 5 rings (SSSR count). The molecule has 0 saturated carbocycles. The lowest BCUT2D eigenvalue weighted by atomic mass is 10.0. The van der Waals surface area contributed by atoms with E-state index in [4.69, 9.17) is 23.7 Å². The molecule has 0 aliphatic carbocycles. The number of benzene rings is 1. The zero-order valence-corrected chi connectivity index (χ0v) is 22.7. The summed E-state index contributed by atoms with van der Waals surface area (Å²) in [5.74, 6) is -0.287. The molecule has 188 valence electrons. The van der Waals surface area contributed by atoms with Crippen molar-refractivity contribution in [2.45, 2.75) is 6.61 Å². The molecule has 1 saturated heterocycles. The van der Waals surface area contributed by atoms with Gasteiger partial charge in [0.15, 0.2) is 0 Å². The number of carbonyl (C=O) groups excluding carboxylic acids is 1. The quantitative estimate of drug-likeness (QED) is 0.203. The molecule has 1 aliphatic rings. The fraction of sp³-hybridized carbons (Fsp3) is 0.231. The Morgan fingerprint density at radius 1 is 1.19 bits per heavy atom. The van der Waals surface area contributed by atoms with Gasteiger partial charge in [0.2, 0.25) is 5.88 Å². The Morgan fingerprint density at radius 2 is 1.97 bits per heavy atom. The normalized spacial score (nSPS) is 13.3. The van der Waals surface area contributed by atoms with Crippen LogP contribution in [0.2, 0.25) is 0 Å². The summed E-state index contributed by atoms with van der Waals surface area (Å²) in [5.41, 5.74) is 4.51. The van der Waals surface area contributed by atoms with E-state index in [1.807, 2.05) is 30.3 Å². The fourth-order valence-electron chi connectivity index (χ4n) is 4.01. The van der Waals surface area contributed by atoms with E-state index in [0.717, 1.165) is 27.2 Å². The van der Waals surface area contributed by atoms with Crippen molar-refractivity contribution >= 4 is 45.6 Å². The van der Waals surface area contributed by atoms with Crippen molar-refractivity contribution in [1.29, 1.82) is 5.26 Å². The molecule has 9 nitrogen and oxygen atoms in total. The van der Waals surface area contributed by atoms with Gasteiger partial charge in [-0.2, -0.15) is 5.26 Å². The van der Waals surface area contributed by atoms with Gasteiger partial charge in [0.1, 0.15) is 35.1 Å². The topological polar surface area (TPSA) is 111 Å². The van der Waals surface area contributed by atoms with Crippen molar-refractivity contribution in [3.05, 3.63) is 67.6 Å². The van der Waals surface area contributed by atoms with E-state index in [1.165, 1.54) is 24.7 Å². The number of pyridine rings is 1. The van der Waals surface area contributed by atoms with Gasteiger partial charge in [0.05, 0.1) is 28.9 Å². The van der Waals surface area contributed by atoms with Crippen LogP contribution in [0.4, 0.5) is 5.69 Å². The first-order valence-corrected chi connectivity index (χ1v) is 13.2. The molecule has 0 bridgehead atoms. The maximum atomic E-state index is 12.2. The average Bonchev–Trinajstić information content (AvgIpc) is 3.61. The maximum absolute atomic E-state index is 12.2. The molecule has 1 aliphatic heterocycles. The number of nitriles is 1. The molecule has 0 spiro atoms. The third-order valence-electron chi connectivity index (χ3n) is 5.87. The Kier molecular flexibility index (Phi) is 7.68. The number of thiophene rings is 1. The summed E-state index contributed by atoms with van der Waals surface area (Å²) in [5, 5.41) is 14.0. The fourth-order valence-corrected chi connectivity index (χ4v) is 5.86. The van der Waals surface area contributed by atoms with E-state index < -0.39 is 5.97 Å². The number of hydrogen-bond acceptors (Lipinski definition) is 10. The zero-order valence-electron chi connectivity index (χ0n) is 19.8. The molecule has 4 heterocycles. The number of carbonyl (C=O) groups is 1. The number of rotatable bonds is 7. The summed E-state index contributed by atoms with van der Waals surface area (Å²) in [6.07, 6.45) is 1.45. The molecule has 0 radical (unpaired) electrons. The van der Waals surface area contributed by atoms with Crippen molar-refractivity contribution < 1.29 is 23.5 Å². The van der Waals surface area contributed by atoms with Crippen LogP contribution in [0, 0.1) is 14.2 Å². The zero-order chi connectivity index (χ0) is 25.8. The number of hydrogen-bond donors (Lipinski definition) is 0. The van der Waals surface area contributed by atoms with Gasteiger partial charge >= 0.3 is 5.97 Å². The van der Waals surface area contributed by atoms with Crippen LogP contribution in [0.25, 0.3) is 22.5 Å². The first kappa shape index (κ1) is 25.2. The van der Waals surface area contributed by atoms with E-state index in [1.54, 1.807) is 12.1 Å². The number of ether oxygens (including phenoxy) is 3. The lowest BCUT2D eigenvalue weighted by molar-refractivity contribution is 0.0603. The van der Waals surface area contributed by atoms with Gasteiger partial charge in [0, 0.05) is 41.5 Å². The number of anilines is 1. The predicted molar refractivity (Wildman–Crippen MR) is 146 cm³/mol. The Morgan fingerprint density at radius 3 is 2.65 bits per heavy atom. The Hall–Kier alpha value is -3.47. The second-order valence-corrected chi connectivity index (χ2v) is 11.0. The van der Waals surface area contributed by atoms with Crippen molar-refractivity contribution in [3.8, 4) is 34.5 Å². The summed E-state index contributed by atoms with van der Waals surface area (Å²) in [4.78, 5) is 19.6. The molecule has 11 heteroatoms. The van der Waals surface area contributed by atoms with Gasteiger partial charge in [0.25, 0.3) is 0 Å². The summed E-state index contributed by atoms with van der Waals surface area (Å²) in [6.45, 7) is 3.15. The molecule has 1 aromatic carbocycles. The van der Waals surface area contributed by atoms with Crippen LogP contribution in [0.1, 0.15) is 20.8 Å². The highest BCUT2D eigenvalue weighted by atomic mass is 127. The van der Waals surface area contributed by atoms with Gasteiger partial charge < -0.3 is 23.6 Å². The highest BCUT2D eigenvalue weighted by molar-refractivity contribution is 14.1. The lowest BCUT2D eigenvalue weighted by Gasteiger charge is -2.28. The van der Waals surface area contributed by atoms with Crippen molar-refractivity contribution in [2.24, 2.45) is 0 Å². The molecule has 1 fully saturated rings. The molecule has 0 N–H and O–H groups in total.